The Kier molecular flexibility index (Phi) is 6.19. The van der Waals surface area contributed by atoms with Crippen LogP contribution in [0.3, 0.4) is 0 Å². The molecule has 24 heavy (non-hydrogen) atoms. The highest BCUT2D eigenvalue weighted by atomic mass is 32.2. The third kappa shape index (κ3) is 5.52. The molecular formula is C16H22N2O5S. The molecule has 1 aliphatic heterocycles. The number of sulfone groups is 1. The Hall–Kier alpha value is -2.09. The van der Waals surface area contributed by atoms with Crippen molar-refractivity contribution >= 4 is 21.7 Å². The van der Waals surface area contributed by atoms with Gasteiger partial charge in [-0.05, 0) is 24.5 Å². The molecule has 0 bridgehead atoms. The largest absolute Gasteiger partial charge is 0.496 e. The number of nitrogens with one attached hydrogen (secondary N) is 2. The van der Waals surface area contributed by atoms with Crippen LogP contribution in [0, 0.1) is 0 Å². The lowest BCUT2D eigenvalue weighted by molar-refractivity contribution is -0.129. The van der Waals surface area contributed by atoms with E-state index in [-0.39, 0.29) is 29.9 Å². The van der Waals surface area contributed by atoms with E-state index in [0.717, 1.165) is 11.3 Å². The van der Waals surface area contributed by atoms with Crippen LogP contribution in [0.15, 0.2) is 24.3 Å². The highest BCUT2D eigenvalue weighted by Gasteiger charge is 2.29. The van der Waals surface area contributed by atoms with E-state index in [1.807, 2.05) is 24.3 Å². The summed E-state index contributed by atoms with van der Waals surface area (Å²) in [6, 6.07) is 7.14. The highest BCUT2D eigenvalue weighted by Crippen LogP contribution is 2.17. The van der Waals surface area contributed by atoms with Crippen LogP contribution in [0.25, 0.3) is 0 Å². The number of rotatable bonds is 7. The second-order valence-corrected chi connectivity index (χ2v) is 7.98. The number of hydrogen-bond donors (Lipinski definition) is 2. The molecule has 0 spiro atoms. The first-order valence-corrected chi connectivity index (χ1v) is 9.60. The van der Waals surface area contributed by atoms with E-state index in [1.54, 1.807) is 7.11 Å². The molecule has 1 saturated heterocycles. The van der Waals surface area contributed by atoms with Crippen LogP contribution in [-0.4, -0.2) is 51.4 Å². The van der Waals surface area contributed by atoms with Gasteiger partial charge in [0.05, 0.1) is 18.6 Å². The van der Waals surface area contributed by atoms with E-state index in [4.69, 9.17) is 4.74 Å². The van der Waals surface area contributed by atoms with Gasteiger partial charge in [-0.3, -0.25) is 9.59 Å². The number of methoxy groups -OCH3 is 1. The van der Waals surface area contributed by atoms with Crippen molar-refractivity contribution in [1.82, 2.24) is 10.6 Å². The summed E-state index contributed by atoms with van der Waals surface area (Å²) in [5, 5.41) is 5.27. The number of carbonyl (C=O) groups is 2. The second kappa shape index (κ2) is 8.14. The average Bonchev–Trinajstić information content (AvgIpc) is 2.86. The lowest BCUT2D eigenvalue weighted by Crippen LogP contribution is -2.39. The molecule has 1 unspecified atom stereocenters. The molecule has 1 aromatic carbocycles. The van der Waals surface area contributed by atoms with E-state index in [0.29, 0.717) is 19.4 Å². The lowest BCUT2D eigenvalue weighted by Gasteiger charge is -2.11. The molecule has 2 N–H and O–H groups in total. The van der Waals surface area contributed by atoms with Crippen molar-refractivity contribution in [1.29, 1.82) is 0 Å². The van der Waals surface area contributed by atoms with Crippen molar-refractivity contribution in [2.24, 2.45) is 0 Å². The van der Waals surface area contributed by atoms with Gasteiger partial charge < -0.3 is 15.4 Å². The summed E-state index contributed by atoms with van der Waals surface area (Å²) >= 11 is 0. The molecule has 1 fully saturated rings. The molecule has 0 radical (unpaired) electrons. The highest BCUT2D eigenvalue weighted by molar-refractivity contribution is 7.91. The van der Waals surface area contributed by atoms with Crippen molar-refractivity contribution < 1.29 is 22.7 Å². The Morgan fingerprint density at radius 1 is 1.25 bits per heavy atom. The first-order valence-electron chi connectivity index (χ1n) is 7.78. The molecule has 8 heteroatoms. The number of ether oxygens (including phenoxy) is 1. The minimum absolute atomic E-state index is 0.0475. The first kappa shape index (κ1) is 18.3. The molecule has 1 aromatic rings. The Balaban J connectivity index is 1.70. The zero-order chi connectivity index (χ0) is 17.6. The van der Waals surface area contributed by atoms with E-state index in [9.17, 15) is 18.0 Å². The van der Waals surface area contributed by atoms with Crippen molar-refractivity contribution in [3.05, 3.63) is 29.8 Å². The maximum Gasteiger partial charge on any atom is 0.229 e. The lowest BCUT2D eigenvalue weighted by atomic mass is 10.1. The number of carbonyl (C=O) groups excluding carboxylic acids is 2. The van der Waals surface area contributed by atoms with Gasteiger partial charge in [-0.2, -0.15) is 0 Å². The molecule has 1 atom stereocenters. The minimum Gasteiger partial charge on any atom is -0.496 e. The smallest absolute Gasteiger partial charge is 0.229 e. The SMILES string of the molecule is COc1ccccc1CCNC(=O)CC(=O)NC1CCS(=O)(=O)C1. The average molecular weight is 354 g/mol. The zero-order valence-electron chi connectivity index (χ0n) is 13.6. The van der Waals surface area contributed by atoms with E-state index in [2.05, 4.69) is 10.6 Å². The summed E-state index contributed by atoms with van der Waals surface area (Å²) in [7, 11) is -1.46. The third-order valence-electron chi connectivity index (χ3n) is 3.83. The normalized spacial score (nSPS) is 18.8. The quantitative estimate of drug-likeness (QED) is 0.674. The topological polar surface area (TPSA) is 102 Å². The van der Waals surface area contributed by atoms with Crippen LogP contribution in [-0.2, 0) is 25.8 Å². The fourth-order valence-electron chi connectivity index (χ4n) is 2.64. The van der Waals surface area contributed by atoms with Crippen LogP contribution in [0.2, 0.25) is 0 Å². The fraction of sp³-hybridized carbons (Fsp3) is 0.500. The second-order valence-electron chi connectivity index (χ2n) is 5.76. The van der Waals surface area contributed by atoms with Gasteiger partial charge in [-0.1, -0.05) is 18.2 Å². The van der Waals surface area contributed by atoms with Gasteiger partial charge in [0, 0.05) is 12.6 Å². The molecule has 0 saturated carbocycles. The van der Waals surface area contributed by atoms with Gasteiger partial charge in [-0.25, -0.2) is 8.42 Å². The number of amides is 2. The Bertz CT molecular complexity index is 702. The predicted molar refractivity (Wildman–Crippen MR) is 89.5 cm³/mol. The monoisotopic (exact) mass is 354 g/mol. The van der Waals surface area contributed by atoms with Crippen LogP contribution in [0.1, 0.15) is 18.4 Å². The van der Waals surface area contributed by atoms with E-state index >= 15 is 0 Å². The van der Waals surface area contributed by atoms with Gasteiger partial charge in [0.1, 0.15) is 12.2 Å². The van der Waals surface area contributed by atoms with E-state index < -0.39 is 15.7 Å². The Labute approximate surface area is 141 Å². The maximum atomic E-state index is 11.8. The summed E-state index contributed by atoms with van der Waals surface area (Å²) in [6.07, 6.45) is 0.699. The van der Waals surface area contributed by atoms with Crippen LogP contribution in [0.5, 0.6) is 5.75 Å². The van der Waals surface area contributed by atoms with Crippen molar-refractivity contribution in [2.75, 3.05) is 25.2 Å². The van der Waals surface area contributed by atoms with Gasteiger partial charge in [0.2, 0.25) is 11.8 Å². The van der Waals surface area contributed by atoms with Crippen LogP contribution < -0.4 is 15.4 Å². The molecular weight excluding hydrogens is 332 g/mol. The Morgan fingerprint density at radius 3 is 2.67 bits per heavy atom. The van der Waals surface area contributed by atoms with Gasteiger partial charge >= 0.3 is 0 Å². The van der Waals surface area contributed by atoms with Gasteiger partial charge in [0.15, 0.2) is 9.84 Å². The summed E-state index contributed by atoms with van der Waals surface area (Å²) < 4.78 is 27.9. The van der Waals surface area contributed by atoms with Crippen LogP contribution in [0.4, 0.5) is 0 Å². The van der Waals surface area contributed by atoms with E-state index in [1.165, 1.54) is 0 Å². The molecule has 7 nitrogen and oxygen atoms in total. The molecule has 1 heterocycles. The molecule has 1 aliphatic rings. The predicted octanol–water partition coefficient (Wildman–Crippen LogP) is 0.0473. The van der Waals surface area contributed by atoms with Crippen molar-refractivity contribution in [3.63, 3.8) is 0 Å². The first-order chi connectivity index (χ1) is 11.4. The summed E-state index contributed by atoms with van der Waals surface area (Å²) in [5.74, 6) is -0.0425. The fourth-order valence-corrected chi connectivity index (χ4v) is 4.32. The standard InChI is InChI=1S/C16H22N2O5S/c1-23-14-5-3-2-4-12(14)6-8-17-15(19)10-16(20)18-13-7-9-24(21,22)11-13/h2-5,13H,6-11H2,1H3,(H,17,19)(H,18,20). The van der Waals surface area contributed by atoms with Crippen molar-refractivity contribution in [2.45, 2.75) is 25.3 Å². The van der Waals surface area contributed by atoms with Gasteiger partial charge in [-0.15, -0.1) is 0 Å². The zero-order valence-corrected chi connectivity index (χ0v) is 14.4. The summed E-state index contributed by atoms with van der Waals surface area (Å²) in [5.41, 5.74) is 0.973. The minimum atomic E-state index is -3.05. The maximum absolute atomic E-state index is 11.8. The van der Waals surface area contributed by atoms with Crippen LogP contribution >= 0.6 is 0 Å². The number of para-hydroxylation sites is 1. The summed E-state index contributed by atoms with van der Waals surface area (Å²) in [6.45, 7) is 0.393. The number of hydrogen-bond acceptors (Lipinski definition) is 5. The van der Waals surface area contributed by atoms with Crippen molar-refractivity contribution in [3.8, 4) is 5.75 Å². The molecule has 0 aliphatic carbocycles. The Morgan fingerprint density at radius 2 is 2.00 bits per heavy atom. The molecule has 2 rings (SSSR count). The molecule has 2 amide bonds. The third-order valence-corrected chi connectivity index (χ3v) is 5.60. The molecule has 0 aromatic heterocycles. The molecule has 132 valence electrons. The van der Waals surface area contributed by atoms with Gasteiger partial charge in [0.25, 0.3) is 0 Å². The summed E-state index contributed by atoms with van der Waals surface area (Å²) in [4.78, 5) is 23.5. The number of benzene rings is 1.